The first-order valence-electron chi connectivity index (χ1n) is 4.60. The number of halogens is 2. The first kappa shape index (κ1) is 11.8. The van der Waals surface area contributed by atoms with E-state index in [1.807, 2.05) is 0 Å². The summed E-state index contributed by atoms with van der Waals surface area (Å²) in [6, 6.07) is 4.85. The van der Waals surface area contributed by atoms with Crippen LogP contribution in [0.3, 0.4) is 0 Å². The summed E-state index contributed by atoms with van der Waals surface area (Å²) in [6.45, 7) is 0. The van der Waals surface area contributed by atoms with Crippen molar-refractivity contribution in [1.29, 1.82) is 0 Å². The van der Waals surface area contributed by atoms with E-state index < -0.39 is 11.2 Å². The topological polar surface area (TPSA) is 77.8 Å². The maximum Gasteiger partial charge on any atom is 0.325 e. The molecule has 0 bridgehead atoms. The van der Waals surface area contributed by atoms with E-state index in [1.54, 1.807) is 18.2 Å². The maximum absolute atomic E-state index is 11.4. The number of benzene rings is 1. The van der Waals surface area contributed by atoms with Crippen molar-refractivity contribution in [3.8, 4) is 0 Å². The zero-order valence-corrected chi connectivity index (χ0v) is 9.89. The van der Waals surface area contributed by atoms with Crippen LogP contribution in [-0.2, 0) is 0 Å². The van der Waals surface area contributed by atoms with Gasteiger partial charge < -0.3 is 10.3 Å². The lowest BCUT2D eigenvalue weighted by Gasteiger charge is -2.05. The summed E-state index contributed by atoms with van der Waals surface area (Å²) in [7, 11) is 0. The van der Waals surface area contributed by atoms with Crippen molar-refractivity contribution in [3.63, 3.8) is 0 Å². The fourth-order valence-corrected chi connectivity index (χ4v) is 1.53. The lowest BCUT2D eigenvalue weighted by molar-refractivity contribution is 1.04. The summed E-state index contributed by atoms with van der Waals surface area (Å²) in [5.41, 5.74) is -0.269. The minimum Gasteiger partial charge on any atom is -0.350 e. The van der Waals surface area contributed by atoms with Crippen LogP contribution in [0.5, 0.6) is 0 Å². The predicted octanol–water partition coefficient (Wildman–Crippen LogP) is 2.11. The van der Waals surface area contributed by atoms with E-state index in [0.717, 1.165) is 0 Å². The second-order valence-corrected chi connectivity index (χ2v) is 4.05. The first-order valence-corrected chi connectivity index (χ1v) is 5.36. The Morgan fingerprint density at radius 3 is 2.53 bits per heavy atom. The van der Waals surface area contributed by atoms with E-state index >= 15 is 0 Å². The Balaban J connectivity index is 2.35. The average molecular weight is 272 g/mol. The zero-order chi connectivity index (χ0) is 12.4. The minimum atomic E-state index is -0.560. The van der Waals surface area contributed by atoms with Crippen LogP contribution < -0.4 is 16.6 Å². The predicted molar refractivity (Wildman–Crippen MR) is 67.4 cm³/mol. The molecule has 88 valence electrons. The van der Waals surface area contributed by atoms with Crippen LogP contribution in [0.25, 0.3) is 0 Å². The first-order chi connectivity index (χ1) is 8.06. The van der Waals surface area contributed by atoms with Crippen LogP contribution in [-0.4, -0.2) is 9.97 Å². The average Bonchev–Trinajstić information content (AvgIpc) is 2.27. The van der Waals surface area contributed by atoms with Gasteiger partial charge in [0, 0.05) is 11.9 Å². The third-order valence-corrected chi connectivity index (χ3v) is 2.76. The molecule has 1 aromatic carbocycles. The Labute approximate surface area is 105 Å². The van der Waals surface area contributed by atoms with Gasteiger partial charge in [-0.25, -0.2) is 4.79 Å². The lowest BCUT2D eigenvalue weighted by atomic mass is 10.3. The Morgan fingerprint density at radius 2 is 1.88 bits per heavy atom. The second kappa shape index (κ2) is 4.65. The number of anilines is 2. The molecule has 0 saturated heterocycles. The van der Waals surface area contributed by atoms with Crippen LogP contribution >= 0.6 is 23.2 Å². The molecule has 0 unspecified atom stereocenters. The van der Waals surface area contributed by atoms with Gasteiger partial charge in [0.2, 0.25) is 0 Å². The van der Waals surface area contributed by atoms with Crippen molar-refractivity contribution in [2.45, 2.75) is 0 Å². The molecule has 2 aromatic rings. The van der Waals surface area contributed by atoms with Crippen molar-refractivity contribution in [2.24, 2.45) is 0 Å². The molecule has 0 radical (unpaired) electrons. The van der Waals surface area contributed by atoms with Crippen LogP contribution in [0, 0.1) is 0 Å². The summed E-state index contributed by atoms with van der Waals surface area (Å²) in [6.07, 6.45) is 1.28. The molecular weight excluding hydrogens is 265 g/mol. The van der Waals surface area contributed by atoms with Crippen molar-refractivity contribution in [3.05, 3.63) is 55.3 Å². The number of aromatic amines is 2. The summed E-state index contributed by atoms with van der Waals surface area (Å²) >= 11 is 11.6. The fraction of sp³-hybridized carbons (Fsp3) is 0. The van der Waals surface area contributed by atoms with Gasteiger partial charge in [-0.2, -0.15) is 0 Å². The van der Waals surface area contributed by atoms with Gasteiger partial charge in [-0.05, 0) is 18.2 Å². The van der Waals surface area contributed by atoms with Gasteiger partial charge in [0.15, 0.2) is 0 Å². The highest BCUT2D eigenvalue weighted by Crippen LogP contribution is 2.25. The van der Waals surface area contributed by atoms with Gasteiger partial charge in [0.25, 0.3) is 5.56 Å². The van der Waals surface area contributed by atoms with Crippen molar-refractivity contribution in [2.75, 3.05) is 5.32 Å². The molecule has 2 rings (SSSR count). The van der Waals surface area contributed by atoms with Crippen LogP contribution in [0.4, 0.5) is 11.4 Å². The smallest absolute Gasteiger partial charge is 0.325 e. The monoisotopic (exact) mass is 271 g/mol. The van der Waals surface area contributed by atoms with Crippen LogP contribution in [0.2, 0.25) is 10.0 Å². The molecule has 1 heterocycles. The summed E-state index contributed by atoms with van der Waals surface area (Å²) in [5.74, 6) is 0. The zero-order valence-electron chi connectivity index (χ0n) is 8.38. The van der Waals surface area contributed by atoms with Crippen molar-refractivity contribution in [1.82, 2.24) is 9.97 Å². The van der Waals surface area contributed by atoms with Crippen molar-refractivity contribution < 1.29 is 0 Å². The third kappa shape index (κ3) is 2.69. The molecule has 0 amide bonds. The maximum atomic E-state index is 11.4. The molecule has 0 saturated carbocycles. The SMILES string of the molecule is O=c1[nH]cc(Nc2ccc(Cl)c(Cl)c2)c(=O)[nH]1. The van der Waals surface area contributed by atoms with Gasteiger partial charge in [0.1, 0.15) is 5.69 Å². The number of rotatable bonds is 2. The molecule has 0 fully saturated rings. The molecule has 0 aliphatic carbocycles. The van der Waals surface area contributed by atoms with Crippen LogP contribution in [0.1, 0.15) is 0 Å². The van der Waals surface area contributed by atoms with Gasteiger partial charge in [0.05, 0.1) is 10.0 Å². The summed E-state index contributed by atoms with van der Waals surface area (Å²) in [4.78, 5) is 26.7. The molecule has 0 atom stereocenters. The Bertz CT molecular complexity index is 663. The van der Waals surface area contributed by atoms with Crippen molar-refractivity contribution >= 4 is 34.6 Å². The largest absolute Gasteiger partial charge is 0.350 e. The second-order valence-electron chi connectivity index (χ2n) is 3.24. The molecule has 0 aliphatic heterocycles. The highest BCUT2D eigenvalue weighted by Gasteiger charge is 2.03. The molecule has 0 aliphatic rings. The van der Waals surface area contributed by atoms with Gasteiger partial charge in [-0.15, -0.1) is 0 Å². The third-order valence-electron chi connectivity index (χ3n) is 2.02. The standard InChI is InChI=1S/C10H7Cl2N3O2/c11-6-2-1-5(3-7(6)12)14-8-4-13-10(17)15-9(8)16/h1-4,14H,(H2,13,15,16,17). The molecule has 17 heavy (non-hydrogen) atoms. The Hall–Kier alpha value is -1.72. The number of H-pyrrole nitrogens is 2. The minimum absolute atomic E-state index is 0.211. The Morgan fingerprint density at radius 1 is 1.12 bits per heavy atom. The van der Waals surface area contributed by atoms with Gasteiger partial charge >= 0.3 is 5.69 Å². The molecule has 1 aromatic heterocycles. The van der Waals surface area contributed by atoms with Crippen LogP contribution in [0.15, 0.2) is 34.0 Å². The molecule has 5 nitrogen and oxygen atoms in total. The van der Waals surface area contributed by atoms with Gasteiger partial charge in [-0.3, -0.25) is 9.78 Å². The molecular formula is C10H7Cl2N3O2. The van der Waals surface area contributed by atoms with Gasteiger partial charge in [-0.1, -0.05) is 23.2 Å². The quantitative estimate of drug-likeness (QED) is 0.783. The van der Waals surface area contributed by atoms with E-state index in [9.17, 15) is 9.59 Å². The number of hydrogen-bond donors (Lipinski definition) is 3. The highest BCUT2D eigenvalue weighted by molar-refractivity contribution is 6.42. The Kier molecular flexibility index (Phi) is 3.21. The normalized spacial score (nSPS) is 10.2. The molecule has 3 N–H and O–H groups in total. The summed E-state index contributed by atoms with van der Waals surface area (Å²) < 4.78 is 0. The lowest BCUT2D eigenvalue weighted by Crippen LogP contribution is -2.23. The number of aromatic nitrogens is 2. The molecule has 0 spiro atoms. The summed E-state index contributed by atoms with van der Waals surface area (Å²) in [5, 5.41) is 3.61. The molecule has 7 heteroatoms. The highest BCUT2D eigenvalue weighted by atomic mass is 35.5. The number of hydrogen-bond acceptors (Lipinski definition) is 3. The fourth-order valence-electron chi connectivity index (χ4n) is 1.23. The van der Waals surface area contributed by atoms with E-state index in [1.165, 1.54) is 6.20 Å². The van der Waals surface area contributed by atoms with E-state index in [-0.39, 0.29) is 5.69 Å². The van der Waals surface area contributed by atoms with E-state index in [4.69, 9.17) is 23.2 Å². The number of nitrogens with one attached hydrogen (secondary N) is 3. The van der Waals surface area contributed by atoms with E-state index in [0.29, 0.717) is 15.7 Å². The van der Waals surface area contributed by atoms with E-state index in [2.05, 4.69) is 15.3 Å².